The molecule has 9 heteroatoms. The molecule has 1 aromatic heterocycles. The number of benzene rings is 1. The lowest BCUT2D eigenvalue weighted by molar-refractivity contribution is 0.435. The van der Waals surface area contributed by atoms with Crippen molar-refractivity contribution in [2.24, 2.45) is 4.99 Å². The molecular weight excluding hydrogens is 404 g/mol. The summed E-state index contributed by atoms with van der Waals surface area (Å²) in [6, 6.07) is 5.07. The molecule has 0 radical (unpaired) electrons. The summed E-state index contributed by atoms with van der Waals surface area (Å²) in [5.41, 5.74) is 14.6. The van der Waals surface area contributed by atoms with Crippen molar-refractivity contribution in [1.82, 2.24) is 10.3 Å². The average Bonchev–Trinajstić information content (AvgIpc) is 2.66. The number of nitrogen functional groups attached to an aromatic ring is 2. The van der Waals surface area contributed by atoms with Gasteiger partial charge in [-0.25, -0.2) is 9.98 Å². The Labute approximate surface area is 187 Å². The monoisotopic (exact) mass is 432 g/mol. The van der Waals surface area contributed by atoms with Crippen LogP contribution in [-0.4, -0.2) is 16.1 Å². The Balaban J connectivity index is 2.41. The predicted octanol–water partition coefficient (Wildman–Crippen LogP) is 3.36. The first kappa shape index (κ1) is 22.7. The molecule has 0 aliphatic carbocycles. The van der Waals surface area contributed by atoms with Crippen molar-refractivity contribution in [3.8, 4) is 18.0 Å². The Hall–Kier alpha value is -3.98. The number of pyridine rings is 1. The average molecular weight is 433 g/mol. The highest BCUT2D eigenvalue weighted by Crippen LogP contribution is 2.47. The fourth-order valence-electron chi connectivity index (χ4n) is 3.68. The number of nitrogens with one attached hydrogen (secondary N) is 2. The summed E-state index contributed by atoms with van der Waals surface area (Å²) in [5.74, 6) is 0.461. The summed E-state index contributed by atoms with van der Waals surface area (Å²) < 4.78 is 0. The molecule has 1 aliphatic heterocycles. The number of hydrogen-bond acceptors (Lipinski definition) is 9. The summed E-state index contributed by atoms with van der Waals surface area (Å²) in [6.07, 6.45) is 1.83. The van der Waals surface area contributed by atoms with Crippen LogP contribution in [0.5, 0.6) is 5.75 Å². The van der Waals surface area contributed by atoms with E-state index in [1.165, 1.54) is 0 Å². The maximum Gasteiger partial charge on any atom is 0.211 e. The third-order valence-electron chi connectivity index (χ3n) is 5.47. The molecule has 0 amide bonds. The quantitative estimate of drug-likeness (QED) is 0.337. The lowest BCUT2D eigenvalue weighted by Crippen LogP contribution is -2.33. The largest absolute Gasteiger partial charge is 0.507 e. The van der Waals surface area contributed by atoms with Crippen LogP contribution in [0.1, 0.15) is 75.4 Å². The summed E-state index contributed by atoms with van der Waals surface area (Å²) in [5, 5.41) is 35.4. The molecule has 1 unspecified atom stereocenters. The van der Waals surface area contributed by atoms with E-state index in [1.54, 1.807) is 0 Å². The molecule has 166 valence electrons. The molecule has 2 heterocycles. The van der Waals surface area contributed by atoms with Crippen molar-refractivity contribution in [1.29, 1.82) is 10.5 Å². The highest BCUT2D eigenvalue weighted by atomic mass is 16.3. The van der Waals surface area contributed by atoms with Crippen LogP contribution in [0.25, 0.3) is 0 Å². The first-order valence-corrected chi connectivity index (χ1v) is 10.2. The number of rotatable bonds is 1. The Kier molecular flexibility index (Phi) is 5.40. The van der Waals surface area contributed by atoms with E-state index < -0.39 is 6.04 Å². The minimum atomic E-state index is -0.814. The number of anilines is 3. The second kappa shape index (κ2) is 7.61. The molecule has 0 saturated heterocycles. The smallest absolute Gasteiger partial charge is 0.211 e. The van der Waals surface area contributed by atoms with Crippen LogP contribution in [0.2, 0.25) is 0 Å². The molecule has 32 heavy (non-hydrogen) atoms. The van der Waals surface area contributed by atoms with Crippen molar-refractivity contribution in [3.63, 3.8) is 0 Å². The second-order valence-electron chi connectivity index (χ2n) is 9.86. The first-order valence-electron chi connectivity index (χ1n) is 10.2. The molecule has 1 atom stereocenters. The van der Waals surface area contributed by atoms with Gasteiger partial charge in [-0.1, -0.05) is 47.6 Å². The van der Waals surface area contributed by atoms with Gasteiger partial charge in [0.25, 0.3) is 0 Å². The van der Waals surface area contributed by atoms with E-state index in [9.17, 15) is 10.4 Å². The van der Waals surface area contributed by atoms with Crippen molar-refractivity contribution < 1.29 is 5.11 Å². The molecular formula is C23H28N8O. The van der Waals surface area contributed by atoms with Gasteiger partial charge in [0, 0.05) is 11.1 Å². The van der Waals surface area contributed by atoms with Crippen molar-refractivity contribution >= 4 is 23.3 Å². The molecule has 7 N–H and O–H groups in total. The van der Waals surface area contributed by atoms with E-state index in [2.05, 4.69) is 41.4 Å². The number of aromatic hydroxyl groups is 1. The van der Waals surface area contributed by atoms with Gasteiger partial charge in [0.2, 0.25) is 5.96 Å². The molecule has 0 saturated carbocycles. The molecule has 3 rings (SSSR count). The number of fused-ring (bicyclic) bond motifs is 1. The highest BCUT2D eigenvalue weighted by molar-refractivity contribution is 5.98. The zero-order chi connectivity index (χ0) is 24.0. The molecule has 0 fully saturated rings. The van der Waals surface area contributed by atoms with Gasteiger partial charge in [0.1, 0.15) is 35.1 Å². The molecule has 0 bridgehead atoms. The van der Waals surface area contributed by atoms with Crippen LogP contribution < -0.4 is 22.1 Å². The van der Waals surface area contributed by atoms with E-state index in [-0.39, 0.29) is 45.4 Å². The zero-order valence-electron chi connectivity index (χ0n) is 19.1. The highest BCUT2D eigenvalue weighted by Gasteiger charge is 2.34. The van der Waals surface area contributed by atoms with E-state index >= 15 is 0 Å². The van der Waals surface area contributed by atoms with Crippen LogP contribution in [-0.2, 0) is 10.8 Å². The second-order valence-corrected chi connectivity index (χ2v) is 9.86. The van der Waals surface area contributed by atoms with Gasteiger partial charge in [-0.05, 0) is 28.0 Å². The number of phenolic OH excluding ortho intramolecular Hbond substituents is 1. The zero-order valence-corrected chi connectivity index (χ0v) is 19.1. The molecule has 0 spiro atoms. The van der Waals surface area contributed by atoms with Crippen molar-refractivity contribution in [2.45, 2.75) is 58.4 Å². The van der Waals surface area contributed by atoms with Crippen molar-refractivity contribution in [3.05, 3.63) is 39.9 Å². The maximum absolute atomic E-state index is 11.4. The standard InChI is InChI=1S/C23H28N8O/c1-22(2,3)11-7-12(18(32)14(8-11)23(4,5)6)17-15-16(26)13(9-24)19(27)30-20(15)31-21(29-17)28-10-25/h7-8,17,32H,1-6H3,(H6,26,27,28,29,30,31). The van der Waals surface area contributed by atoms with Crippen LogP contribution in [0.4, 0.5) is 17.3 Å². The lowest BCUT2D eigenvalue weighted by Gasteiger charge is -2.31. The maximum atomic E-state index is 11.4. The minimum Gasteiger partial charge on any atom is -0.507 e. The molecule has 2 aromatic rings. The molecule has 1 aliphatic rings. The SMILES string of the molecule is CC(C)(C)c1cc(C2N=C(NC#N)Nc3nc(N)c(C#N)c(N)c32)c(O)c(C(C)(C)C)c1. The van der Waals surface area contributed by atoms with E-state index in [0.29, 0.717) is 11.1 Å². The summed E-state index contributed by atoms with van der Waals surface area (Å²) in [4.78, 5) is 8.88. The summed E-state index contributed by atoms with van der Waals surface area (Å²) in [7, 11) is 0. The first-order chi connectivity index (χ1) is 14.8. The number of hydrogen-bond donors (Lipinski definition) is 5. The third kappa shape index (κ3) is 3.85. The van der Waals surface area contributed by atoms with Gasteiger partial charge in [0.05, 0.1) is 5.69 Å². The van der Waals surface area contributed by atoms with E-state index in [1.807, 2.05) is 45.2 Å². The van der Waals surface area contributed by atoms with Gasteiger partial charge < -0.3 is 21.9 Å². The van der Waals surface area contributed by atoms with Crippen LogP contribution in [0, 0.1) is 22.8 Å². The minimum absolute atomic E-state index is 0.0312. The van der Waals surface area contributed by atoms with Crippen LogP contribution >= 0.6 is 0 Å². The Morgan fingerprint density at radius 3 is 2.28 bits per heavy atom. The van der Waals surface area contributed by atoms with Crippen LogP contribution in [0.15, 0.2) is 17.1 Å². The van der Waals surface area contributed by atoms with Crippen LogP contribution in [0.3, 0.4) is 0 Å². The summed E-state index contributed by atoms with van der Waals surface area (Å²) >= 11 is 0. The predicted molar refractivity (Wildman–Crippen MR) is 125 cm³/mol. The number of aromatic nitrogens is 1. The molecule has 9 nitrogen and oxygen atoms in total. The van der Waals surface area contributed by atoms with Gasteiger partial charge in [0.15, 0.2) is 6.19 Å². The van der Waals surface area contributed by atoms with E-state index in [4.69, 9.17) is 16.7 Å². The number of guanidine groups is 1. The number of nitriles is 2. The van der Waals surface area contributed by atoms with Gasteiger partial charge in [-0.2, -0.15) is 10.5 Å². The lowest BCUT2D eigenvalue weighted by atomic mass is 9.77. The Bertz CT molecular complexity index is 1200. The number of aliphatic imine (C=N–C) groups is 1. The number of nitrogens with zero attached hydrogens (tertiary/aromatic N) is 4. The van der Waals surface area contributed by atoms with E-state index in [0.717, 1.165) is 11.1 Å². The Morgan fingerprint density at radius 1 is 1.09 bits per heavy atom. The number of nitrogens with two attached hydrogens (primary N) is 2. The van der Waals surface area contributed by atoms with Gasteiger partial charge >= 0.3 is 0 Å². The number of phenols is 1. The topological polar surface area (TPSA) is 169 Å². The fraction of sp³-hybridized carbons (Fsp3) is 0.391. The Morgan fingerprint density at radius 2 is 1.75 bits per heavy atom. The third-order valence-corrected chi connectivity index (χ3v) is 5.47. The molecule has 1 aromatic carbocycles. The van der Waals surface area contributed by atoms with Crippen molar-refractivity contribution in [2.75, 3.05) is 16.8 Å². The summed E-state index contributed by atoms with van der Waals surface area (Å²) in [6.45, 7) is 12.3. The normalized spacial score (nSPS) is 15.6. The van der Waals surface area contributed by atoms with Gasteiger partial charge in [-0.3, -0.25) is 5.32 Å². The van der Waals surface area contributed by atoms with Gasteiger partial charge in [-0.15, -0.1) is 0 Å². The fourth-order valence-corrected chi connectivity index (χ4v) is 3.68.